The molecule has 0 bridgehead atoms. The summed E-state index contributed by atoms with van der Waals surface area (Å²) in [5, 5.41) is 0. The van der Waals surface area contributed by atoms with Crippen LogP contribution in [-0.2, 0) is 0 Å². The van der Waals surface area contributed by atoms with Crippen LogP contribution in [0.2, 0.25) is 6.32 Å². The number of hydrogen-bond acceptors (Lipinski definition) is 0. The monoisotopic (exact) mass is 222 g/mol. The lowest BCUT2D eigenvalue weighted by Crippen LogP contribution is -2.41. The number of hydrogen-bond donors (Lipinski definition) is 0. The molecule has 86 valence electrons. The summed E-state index contributed by atoms with van der Waals surface area (Å²) in [5.74, 6) is 0. The van der Waals surface area contributed by atoms with E-state index in [2.05, 4.69) is 69.3 Å². The molecule has 0 aliphatic rings. The maximum absolute atomic E-state index is 2.25. The molecule has 2 aromatic rings. The van der Waals surface area contributed by atoms with E-state index < -0.39 is 0 Å². The van der Waals surface area contributed by atoms with Crippen molar-refractivity contribution in [2.24, 2.45) is 0 Å². The van der Waals surface area contributed by atoms with Crippen molar-refractivity contribution in [2.45, 2.75) is 27.1 Å². The van der Waals surface area contributed by atoms with Gasteiger partial charge in [0.15, 0.2) is 0 Å². The largest absolute Gasteiger partial charge is 0.209 e. The van der Waals surface area contributed by atoms with Gasteiger partial charge in [-0.1, -0.05) is 83.8 Å². The molecule has 0 aromatic heterocycles. The van der Waals surface area contributed by atoms with Gasteiger partial charge in [0.05, 0.1) is 0 Å². The van der Waals surface area contributed by atoms with Crippen LogP contribution in [0.3, 0.4) is 0 Å². The van der Waals surface area contributed by atoms with Crippen LogP contribution in [0, 0.1) is 13.8 Å². The molecular weight excluding hydrogens is 203 g/mol. The third kappa shape index (κ3) is 2.79. The van der Waals surface area contributed by atoms with Crippen LogP contribution in [0.1, 0.15) is 18.1 Å². The smallest absolute Gasteiger partial charge is 0.0742 e. The maximum atomic E-state index is 2.25. The van der Waals surface area contributed by atoms with Crippen LogP contribution < -0.4 is 10.9 Å². The van der Waals surface area contributed by atoms with Crippen LogP contribution in [0.4, 0.5) is 0 Å². The van der Waals surface area contributed by atoms with Crippen molar-refractivity contribution in [1.82, 2.24) is 0 Å². The first-order valence-corrected chi connectivity index (χ1v) is 6.34. The number of aryl methyl sites for hydroxylation is 2. The van der Waals surface area contributed by atoms with Crippen molar-refractivity contribution in [2.75, 3.05) is 0 Å². The molecule has 0 saturated heterocycles. The van der Waals surface area contributed by atoms with E-state index in [1.54, 1.807) is 0 Å². The van der Waals surface area contributed by atoms with Gasteiger partial charge in [-0.05, 0) is 13.8 Å². The first kappa shape index (κ1) is 12.0. The second kappa shape index (κ2) is 5.22. The van der Waals surface area contributed by atoms with Gasteiger partial charge in [0, 0.05) is 0 Å². The quantitative estimate of drug-likeness (QED) is 0.700. The fraction of sp³-hybridized carbons (Fsp3) is 0.250. The second-order valence-corrected chi connectivity index (χ2v) is 4.78. The molecule has 17 heavy (non-hydrogen) atoms. The highest BCUT2D eigenvalue weighted by molar-refractivity contribution is 6.85. The van der Waals surface area contributed by atoms with Crippen LogP contribution >= 0.6 is 0 Å². The topological polar surface area (TPSA) is 0 Å². The van der Waals surface area contributed by atoms with Crippen molar-refractivity contribution in [3.05, 3.63) is 59.7 Å². The summed E-state index contributed by atoms with van der Waals surface area (Å²) >= 11 is 0. The Morgan fingerprint density at radius 2 is 1.06 bits per heavy atom. The summed E-state index contributed by atoms with van der Waals surface area (Å²) in [6.07, 6.45) is 1.14. The molecule has 0 unspecified atom stereocenters. The van der Waals surface area contributed by atoms with E-state index >= 15 is 0 Å². The molecule has 0 N–H and O–H groups in total. The van der Waals surface area contributed by atoms with Crippen LogP contribution in [0.5, 0.6) is 0 Å². The lowest BCUT2D eigenvalue weighted by atomic mass is 9.39. The Morgan fingerprint density at radius 1 is 0.706 bits per heavy atom. The van der Waals surface area contributed by atoms with E-state index in [-0.39, 0.29) is 0 Å². The molecule has 0 aliphatic carbocycles. The fourth-order valence-electron chi connectivity index (χ4n) is 2.26. The van der Waals surface area contributed by atoms with Gasteiger partial charge in [0.2, 0.25) is 6.71 Å². The lowest BCUT2D eigenvalue weighted by Gasteiger charge is -2.13. The zero-order valence-corrected chi connectivity index (χ0v) is 10.9. The molecule has 1 heteroatoms. The van der Waals surface area contributed by atoms with Gasteiger partial charge < -0.3 is 0 Å². The molecule has 0 atom stereocenters. The van der Waals surface area contributed by atoms with Gasteiger partial charge in [-0.3, -0.25) is 0 Å². The minimum atomic E-state index is 0.524. The zero-order valence-electron chi connectivity index (χ0n) is 10.9. The number of benzene rings is 2. The van der Waals surface area contributed by atoms with Gasteiger partial charge in [-0.15, -0.1) is 0 Å². The molecule has 0 nitrogen and oxygen atoms in total. The summed E-state index contributed by atoms with van der Waals surface area (Å²) in [5.41, 5.74) is 5.49. The second-order valence-electron chi connectivity index (χ2n) is 4.78. The number of rotatable bonds is 3. The first-order chi connectivity index (χ1) is 8.20. The van der Waals surface area contributed by atoms with E-state index in [4.69, 9.17) is 0 Å². The summed E-state index contributed by atoms with van der Waals surface area (Å²) in [6.45, 7) is 7.05. The highest BCUT2D eigenvalue weighted by atomic mass is 13.9. The third-order valence-electron chi connectivity index (χ3n) is 3.37. The molecule has 2 aromatic carbocycles. The Morgan fingerprint density at radius 3 is 1.35 bits per heavy atom. The summed E-state index contributed by atoms with van der Waals surface area (Å²) < 4.78 is 0. The van der Waals surface area contributed by atoms with Gasteiger partial charge in [0.25, 0.3) is 0 Å². The minimum Gasteiger partial charge on any atom is -0.0742 e. The molecule has 0 fully saturated rings. The molecule has 0 aliphatic heterocycles. The van der Waals surface area contributed by atoms with Crippen molar-refractivity contribution < 1.29 is 0 Å². The maximum Gasteiger partial charge on any atom is 0.209 e. The predicted molar refractivity (Wildman–Crippen MR) is 77.9 cm³/mol. The summed E-state index contributed by atoms with van der Waals surface area (Å²) in [4.78, 5) is 0. The minimum absolute atomic E-state index is 0.524. The SMILES string of the molecule is CCB(c1ccc(C)cc1)c1ccc(C)cc1. The molecule has 0 spiro atoms. The average molecular weight is 222 g/mol. The van der Waals surface area contributed by atoms with Gasteiger partial charge in [0.1, 0.15) is 0 Å². The van der Waals surface area contributed by atoms with E-state index in [0.717, 1.165) is 6.32 Å². The Kier molecular flexibility index (Phi) is 3.68. The Balaban J connectivity index is 2.33. The van der Waals surface area contributed by atoms with Crippen LogP contribution in [-0.4, -0.2) is 6.71 Å². The summed E-state index contributed by atoms with van der Waals surface area (Å²) in [7, 11) is 0. The van der Waals surface area contributed by atoms with E-state index in [1.807, 2.05) is 0 Å². The standard InChI is InChI=1S/C16H19B/c1-4-17(15-9-5-13(2)6-10-15)16-11-7-14(3)8-12-16/h5-12H,4H2,1-3H3. The van der Waals surface area contributed by atoms with Crippen molar-refractivity contribution in [1.29, 1.82) is 0 Å². The van der Waals surface area contributed by atoms with Crippen LogP contribution in [0.25, 0.3) is 0 Å². The Bertz CT molecular complexity index is 422. The normalized spacial score (nSPS) is 10.3. The van der Waals surface area contributed by atoms with E-state index in [0.29, 0.717) is 6.71 Å². The Labute approximate surface area is 105 Å². The molecule has 0 amide bonds. The van der Waals surface area contributed by atoms with Gasteiger partial charge in [-0.2, -0.15) is 0 Å². The van der Waals surface area contributed by atoms with Crippen molar-refractivity contribution in [3.63, 3.8) is 0 Å². The van der Waals surface area contributed by atoms with Gasteiger partial charge in [-0.25, -0.2) is 0 Å². The van der Waals surface area contributed by atoms with Crippen molar-refractivity contribution >= 4 is 17.6 Å². The van der Waals surface area contributed by atoms with Gasteiger partial charge >= 0.3 is 0 Å². The average Bonchev–Trinajstić information content (AvgIpc) is 2.35. The van der Waals surface area contributed by atoms with E-state index in [1.165, 1.54) is 22.1 Å². The highest BCUT2D eigenvalue weighted by Gasteiger charge is 2.15. The molecule has 0 radical (unpaired) electrons. The Hall–Kier alpha value is -1.50. The molecule has 2 rings (SSSR count). The molecule has 0 heterocycles. The first-order valence-electron chi connectivity index (χ1n) is 6.34. The van der Waals surface area contributed by atoms with Crippen LogP contribution in [0.15, 0.2) is 48.5 Å². The van der Waals surface area contributed by atoms with E-state index in [9.17, 15) is 0 Å². The zero-order chi connectivity index (χ0) is 12.3. The highest BCUT2D eigenvalue weighted by Crippen LogP contribution is 2.01. The predicted octanol–water partition coefficient (Wildman–Crippen LogP) is 2.93. The fourth-order valence-corrected chi connectivity index (χ4v) is 2.26. The third-order valence-corrected chi connectivity index (χ3v) is 3.37. The molecule has 0 saturated carbocycles. The lowest BCUT2D eigenvalue weighted by molar-refractivity contribution is 1.42. The molecular formula is C16H19B. The van der Waals surface area contributed by atoms with Crippen molar-refractivity contribution in [3.8, 4) is 0 Å². The summed E-state index contributed by atoms with van der Waals surface area (Å²) in [6, 6.07) is 17.8.